The molecule has 0 fully saturated rings. The smallest absolute Gasteiger partial charge is 0.0323 e. The van der Waals surface area contributed by atoms with Crippen molar-refractivity contribution in [3.63, 3.8) is 0 Å². The number of hydrogen-bond acceptors (Lipinski definition) is 3. The molecule has 0 saturated heterocycles. The Labute approximate surface area is 48.6 Å². The summed E-state index contributed by atoms with van der Waals surface area (Å²) >= 11 is 0. The lowest BCUT2D eigenvalue weighted by Gasteiger charge is -1.72. The minimum atomic E-state index is 0.567. The molecule has 0 unspecified atom stereocenters. The Morgan fingerprint density at radius 3 is 2.75 bits per heavy atom. The normalized spacial score (nSPS) is 11.1. The molecule has 0 atom stereocenters. The lowest BCUT2D eigenvalue weighted by Crippen LogP contribution is -1.71. The third kappa shape index (κ3) is 5.01. The molecule has 3 nitrogen and oxygen atoms in total. The highest BCUT2D eigenvalue weighted by Gasteiger charge is 1.64. The molecule has 44 valence electrons. The summed E-state index contributed by atoms with van der Waals surface area (Å²) in [6.45, 7) is 1.79. The van der Waals surface area contributed by atoms with E-state index in [4.69, 9.17) is 5.41 Å². The van der Waals surface area contributed by atoms with E-state index in [0.29, 0.717) is 6.42 Å². The van der Waals surface area contributed by atoms with Crippen LogP contribution in [0, 0.1) is 5.41 Å². The van der Waals surface area contributed by atoms with Crippen molar-refractivity contribution in [2.24, 2.45) is 10.2 Å². The molecule has 0 aromatic carbocycles. The molecule has 0 aliphatic rings. The number of rotatable bonds is 3. The minimum absolute atomic E-state index is 0.567. The van der Waals surface area contributed by atoms with Crippen molar-refractivity contribution in [3.8, 4) is 0 Å². The van der Waals surface area contributed by atoms with Crippen LogP contribution in [0.1, 0.15) is 13.3 Å². The van der Waals surface area contributed by atoms with Crippen LogP contribution in [-0.2, 0) is 0 Å². The van der Waals surface area contributed by atoms with Gasteiger partial charge in [0.2, 0.25) is 0 Å². The molecule has 0 radical (unpaired) electrons. The van der Waals surface area contributed by atoms with Crippen LogP contribution in [0.4, 0.5) is 0 Å². The highest BCUT2D eigenvalue weighted by Crippen LogP contribution is 1.68. The average Bonchev–Trinajstić information content (AvgIpc) is 1.81. The Morgan fingerprint density at radius 1 is 1.50 bits per heavy atom. The topological polar surface area (TPSA) is 48.6 Å². The molecule has 1 N–H and O–H groups in total. The van der Waals surface area contributed by atoms with Crippen molar-refractivity contribution in [1.82, 2.24) is 0 Å². The van der Waals surface area contributed by atoms with E-state index in [2.05, 4.69) is 10.2 Å². The van der Waals surface area contributed by atoms with E-state index in [1.165, 1.54) is 6.21 Å². The second-order valence-corrected chi connectivity index (χ2v) is 1.11. The predicted octanol–water partition coefficient (Wildman–Crippen LogP) is 1.10. The maximum atomic E-state index is 6.57. The Kier molecular flexibility index (Phi) is 5.27. The van der Waals surface area contributed by atoms with E-state index in [-0.39, 0.29) is 0 Å². The third-order valence-electron chi connectivity index (χ3n) is 0.487. The third-order valence-corrected chi connectivity index (χ3v) is 0.487. The van der Waals surface area contributed by atoms with Crippen molar-refractivity contribution in [2.75, 3.05) is 0 Å². The molecule has 3 heteroatoms. The lowest BCUT2D eigenvalue weighted by atomic mass is 10.5. The van der Waals surface area contributed by atoms with E-state index in [1.54, 1.807) is 19.4 Å². The zero-order chi connectivity index (χ0) is 6.24. The molecular weight excluding hydrogens is 102 g/mol. The molecule has 0 amide bonds. The highest BCUT2D eigenvalue weighted by atomic mass is 15.2. The average molecular weight is 111 g/mol. The maximum absolute atomic E-state index is 6.57. The fourth-order valence-electron chi connectivity index (χ4n) is 0.214. The van der Waals surface area contributed by atoms with Gasteiger partial charge in [-0.15, -0.1) is 0 Å². The quantitative estimate of drug-likeness (QED) is 0.419. The highest BCUT2D eigenvalue weighted by molar-refractivity contribution is 5.77. The molecule has 0 heterocycles. The van der Waals surface area contributed by atoms with Crippen LogP contribution in [0.15, 0.2) is 10.2 Å². The number of nitrogens with one attached hydrogen (secondary N) is 1. The molecule has 0 saturated carbocycles. The Morgan fingerprint density at radius 2 is 2.25 bits per heavy atom. The molecular formula is C5H9N3. The summed E-state index contributed by atoms with van der Waals surface area (Å²) in [7, 11) is 0. The number of hydrogen-bond donors (Lipinski definition) is 1. The molecule has 0 aliphatic carbocycles. The van der Waals surface area contributed by atoms with Crippen LogP contribution < -0.4 is 0 Å². The van der Waals surface area contributed by atoms with Gasteiger partial charge in [-0.25, -0.2) is 0 Å². The number of nitrogens with zero attached hydrogens (tertiary/aromatic N) is 2. The van der Waals surface area contributed by atoms with Gasteiger partial charge >= 0.3 is 0 Å². The van der Waals surface area contributed by atoms with E-state index >= 15 is 0 Å². The van der Waals surface area contributed by atoms with Gasteiger partial charge in [-0.2, -0.15) is 10.2 Å². The summed E-state index contributed by atoms with van der Waals surface area (Å²) in [5.74, 6) is 0. The lowest BCUT2D eigenvalue weighted by molar-refractivity contribution is 1.25. The molecule has 0 aromatic heterocycles. The fourth-order valence-corrected chi connectivity index (χ4v) is 0.214. The first kappa shape index (κ1) is 7.01. The van der Waals surface area contributed by atoms with Crippen LogP contribution in [0.5, 0.6) is 0 Å². The summed E-state index contributed by atoms with van der Waals surface area (Å²) in [5, 5.41) is 13.7. The summed E-state index contributed by atoms with van der Waals surface area (Å²) < 4.78 is 0. The van der Waals surface area contributed by atoms with Gasteiger partial charge < -0.3 is 5.41 Å². The molecule has 0 aliphatic heterocycles. The summed E-state index contributed by atoms with van der Waals surface area (Å²) in [5.41, 5.74) is 0. The molecule has 0 aromatic rings. The molecule has 0 rings (SSSR count). The van der Waals surface area contributed by atoms with Crippen molar-refractivity contribution >= 4 is 18.6 Å². The monoisotopic (exact) mass is 111 g/mol. The first-order chi connectivity index (χ1) is 3.91. The van der Waals surface area contributed by atoms with Gasteiger partial charge in [-0.1, -0.05) is 0 Å². The van der Waals surface area contributed by atoms with E-state index in [9.17, 15) is 0 Å². The Hall–Kier alpha value is -0.990. The van der Waals surface area contributed by atoms with Gasteiger partial charge in [0.25, 0.3) is 0 Å². The van der Waals surface area contributed by atoms with Crippen molar-refractivity contribution < 1.29 is 0 Å². The van der Waals surface area contributed by atoms with Gasteiger partial charge in [0.15, 0.2) is 0 Å². The first-order valence-corrected chi connectivity index (χ1v) is 2.40. The first-order valence-electron chi connectivity index (χ1n) is 2.40. The van der Waals surface area contributed by atoms with Crippen LogP contribution >= 0.6 is 0 Å². The van der Waals surface area contributed by atoms with Gasteiger partial charge in [0.05, 0.1) is 0 Å². The molecule has 8 heavy (non-hydrogen) atoms. The van der Waals surface area contributed by atoms with E-state index in [1.807, 2.05) is 0 Å². The fraction of sp³-hybridized carbons (Fsp3) is 0.400. The zero-order valence-corrected chi connectivity index (χ0v) is 4.83. The van der Waals surface area contributed by atoms with Gasteiger partial charge in [0, 0.05) is 25.1 Å². The van der Waals surface area contributed by atoms with Crippen molar-refractivity contribution in [3.05, 3.63) is 0 Å². The summed E-state index contributed by atoms with van der Waals surface area (Å²) in [6.07, 6.45) is 5.01. The Bertz CT molecular complexity index is 104. The van der Waals surface area contributed by atoms with E-state index < -0.39 is 0 Å². The van der Waals surface area contributed by atoms with Crippen LogP contribution in [0.25, 0.3) is 0 Å². The zero-order valence-electron chi connectivity index (χ0n) is 4.83. The molecule has 0 bridgehead atoms. The van der Waals surface area contributed by atoms with E-state index in [0.717, 1.165) is 0 Å². The summed E-state index contributed by atoms with van der Waals surface area (Å²) in [6, 6.07) is 0. The second-order valence-electron chi connectivity index (χ2n) is 1.11. The second kappa shape index (κ2) is 6.01. The van der Waals surface area contributed by atoms with Crippen molar-refractivity contribution in [1.29, 1.82) is 5.41 Å². The van der Waals surface area contributed by atoms with Gasteiger partial charge in [-0.3, -0.25) is 0 Å². The van der Waals surface area contributed by atoms with Crippen molar-refractivity contribution in [2.45, 2.75) is 13.3 Å². The minimum Gasteiger partial charge on any atom is -0.313 e. The standard InChI is InChI=1S/C5H9N3/c1-2-7-8-5-3-4-6/h2,4-6H,3H2,1H3/b6-4?,7-2+,8-5+. The summed E-state index contributed by atoms with van der Waals surface area (Å²) in [4.78, 5) is 0. The van der Waals surface area contributed by atoms with Gasteiger partial charge in [-0.05, 0) is 6.92 Å². The van der Waals surface area contributed by atoms with Crippen LogP contribution in [-0.4, -0.2) is 18.6 Å². The van der Waals surface area contributed by atoms with Crippen LogP contribution in [0.3, 0.4) is 0 Å². The predicted molar refractivity (Wildman–Crippen MR) is 36.1 cm³/mol. The SMILES string of the molecule is C/C=N/N=C/CC=N. The molecule has 0 spiro atoms. The Balaban J connectivity index is 3.19. The largest absolute Gasteiger partial charge is 0.313 e. The van der Waals surface area contributed by atoms with Crippen LogP contribution in [0.2, 0.25) is 0 Å². The maximum Gasteiger partial charge on any atom is 0.0323 e. The van der Waals surface area contributed by atoms with Gasteiger partial charge in [0.1, 0.15) is 0 Å².